The van der Waals surface area contributed by atoms with Crippen molar-refractivity contribution < 1.29 is 19.2 Å². The van der Waals surface area contributed by atoms with Crippen LogP contribution in [0.1, 0.15) is 30.7 Å². The molecule has 0 N–H and O–H groups in total. The van der Waals surface area contributed by atoms with E-state index >= 15 is 0 Å². The molecule has 6 nitrogen and oxygen atoms in total. The van der Waals surface area contributed by atoms with E-state index in [0.29, 0.717) is 24.8 Å². The number of ketones is 1. The molecule has 2 atom stereocenters. The SMILES string of the molecule is COC(=O)C(c1ccc([N+](=O)[O-])cc1)C1CCC(=O)C1. The summed E-state index contributed by atoms with van der Waals surface area (Å²) >= 11 is 0. The minimum absolute atomic E-state index is 0.0279. The van der Waals surface area contributed by atoms with Gasteiger partial charge in [0.05, 0.1) is 18.0 Å². The molecule has 2 unspecified atom stereocenters. The van der Waals surface area contributed by atoms with Gasteiger partial charge in [0.2, 0.25) is 0 Å². The molecule has 1 aromatic rings. The van der Waals surface area contributed by atoms with Gasteiger partial charge in [-0.05, 0) is 17.9 Å². The minimum Gasteiger partial charge on any atom is -0.469 e. The highest BCUT2D eigenvalue weighted by Crippen LogP contribution is 2.37. The monoisotopic (exact) mass is 277 g/mol. The average molecular weight is 277 g/mol. The number of rotatable bonds is 4. The summed E-state index contributed by atoms with van der Waals surface area (Å²) in [6, 6.07) is 5.84. The van der Waals surface area contributed by atoms with Crippen LogP contribution in [0, 0.1) is 16.0 Å². The molecular weight excluding hydrogens is 262 g/mol. The third-order valence-electron chi connectivity index (χ3n) is 3.67. The molecular formula is C14H15NO5. The van der Waals surface area contributed by atoms with Crippen LogP contribution in [0.4, 0.5) is 5.69 Å². The van der Waals surface area contributed by atoms with Crippen LogP contribution >= 0.6 is 0 Å². The fourth-order valence-corrected chi connectivity index (χ4v) is 2.66. The van der Waals surface area contributed by atoms with Crippen molar-refractivity contribution in [2.75, 3.05) is 7.11 Å². The van der Waals surface area contributed by atoms with Gasteiger partial charge < -0.3 is 4.74 Å². The molecule has 20 heavy (non-hydrogen) atoms. The van der Waals surface area contributed by atoms with Crippen LogP contribution in [-0.2, 0) is 14.3 Å². The number of Topliss-reactive ketones (excluding diaryl/α,β-unsaturated/α-hetero) is 1. The van der Waals surface area contributed by atoms with Crippen LogP contribution in [0.25, 0.3) is 0 Å². The number of esters is 1. The summed E-state index contributed by atoms with van der Waals surface area (Å²) in [5.41, 5.74) is 0.627. The van der Waals surface area contributed by atoms with E-state index in [1.807, 2.05) is 0 Å². The molecule has 0 radical (unpaired) electrons. The molecule has 0 saturated heterocycles. The Balaban J connectivity index is 2.28. The maximum absolute atomic E-state index is 12.0. The van der Waals surface area contributed by atoms with E-state index in [0.717, 1.165) is 0 Å². The minimum atomic E-state index is -0.535. The van der Waals surface area contributed by atoms with Crippen LogP contribution in [-0.4, -0.2) is 23.8 Å². The lowest BCUT2D eigenvalue weighted by Crippen LogP contribution is -2.21. The topological polar surface area (TPSA) is 86.5 Å². The van der Waals surface area contributed by atoms with E-state index in [1.54, 1.807) is 12.1 Å². The molecule has 0 aliphatic heterocycles. The molecule has 0 amide bonds. The van der Waals surface area contributed by atoms with Crippen LogP contribution in [0.2, 0.25) is 0 Å². The number of carbonyl (C=O) groups excluding carboxylic acids is 2. The first-order valence-corrected chi connectivity index (χ1v) is 6.37. The maximum Gasteiger partial charge on any atom is 0.313 e. The second kappa shape index (κ2) is 5.81. The molecule has 1 aliphatic carbocycles. The second-order valence-electron chi connectivity index (χ2n) is 4.89. The highest BCUT2D eigenvalue weighted by Gasteiger charge is 2.36. The van der Waals surface area contributed by atoms with Crippen LogP contribution in [0.5, 0.6) is 0 Å². The van der Waals surface area contributed by atoms with Gasteiger partial charge >= 0.3 is 5.97 Å². The molecule has 0 heterocycles. The lowest BCUT2D eigenvalue weighted by Gasteiger charge is -2.20. The van der Waals surface area contributed by atoms with E-state index in [9.17, 15) is 19.7 Å². The Kier molecular flexibility index (Phi) is 4.12. The summed E-state index contributed by atoms with van der Waals surface area (Å²) < 4.78 is 4.81. The molecule has 1 aromatic carbocycles. The van der Waals surface area contributed by atoms with E-state index < -0.39 is 16.8 Å². The number of non-ortho nitro benzene ring substituents is 1. The summed E-state index contributed by atoms with van der Waals surface area (Å²) in [4.78, 5) is 33.5. The smallest absolute Gasteiger partial charge is 0.313 e. The quantitative estimate of drug-likeness (QED) is 0.478. The summed E-state index contributed by atoms with van der Waals surface area (Å²) in [6.45, 7) is 0. The summed E-state index contributed by atoms with van der Waals surface area (Å²) in [5, 5.41) is 10.6. The molecule has 1 aliphatic rings. The summed E-state index contributed by atoms with van der Waals surface area (Å²) in [6.07, 6.45) is 1.48. The van der Waals surface area contributed by atoms with Gasteiger partial charge in [0.1, 0.15) is 5.78 Å². The van der Waals surface area contributed by atoms with Crippen molar-refractivity contribution in [3.8, 4) is 0 Å². The zero-order valence-corrected chi connectivity index (χ0v) is 11.1. The molecule has 1 fully saturated rings. The number of nitro benzene ring substituents is 1. The van der Waals surface area contributed by atoms with E-state index in [1.165, 1.54) is 19.2 Å². The van der Waals surface area contributed by atoms with Crippen molar-refractivity contribution in [2.45, 2.75) is 25.2 Å². The molecule has 2 rings (SSSR count). The van der Waals surface area contributed by atoms with Gasteiger partial charge in [0.15, 0.2) is 0 Å². The number of hydrogen-bond donors (Lipinski definition) is 0. The number of hydrogen-bond acceptors (Lipinski definition) is 5. The average Bonchev–Trinajstić information content (AvgIpc) is 2.85. The second-order valence-corrected chi connectivity index (χ2v) is 4.89. The Morgan fingerprint density at radius 2 is 2.05 bits per heavy atom. The molecule has 0 bridgehead atoms. The zero-order valence-electron chi connectivity index (χ0n) is 11.1. The number of benzene rings is 1. The first-order chi connectivity index (χ1) is 9.52. The fourth-order valence-electron chi connectivity index (χ4n) is 2.66. The number of nitrogens with zero attached hydrogens (tertiary/aromatic N) is 1. The van der Waals surface area contributed by atoms with Crippen LogP contribution in [0.3, 0.4) is 0 Å². The number of nitro groups is 1. The van der Waals surface area contributed by atoms with Crippen LogP contribution in [0.15, 0.2) is 24.3 Å². The van der Waals surface area contributed by atoms with E-state index in [-0.39, 0.29) is 17.4 Å². The fraction of sp³-hybridized carbons (Fsp3) is 0.429. The highest BCUT2D eigenvalue weighted by molar-refractivity contribution is 5.84. The number of methoxy groups -OCH3 is 1. The first-order valence-electron chi connectivity index (χ1n) is 6.37. The normalized spacial score (nSPS) is 19.6. The van der Waals surface area contributed by atoms with Gasteiger partial charge in [0.25, 0.3) is 5.69 Å². The predicted octanol–water partition coefficient (Wildman–Crippen LogP) is 2.22. The number of carbonyl (C=O) groups is 2. The molecule has 0 aromatic heterocycles. The van der Waals surface area contributed by atoms with Gasteiger partial charge in [0, 0.05) is 25.0 Å². The Hall–Kier alpha value is -2.24. The zero-order chi connectivity index (χ0) is 14.7. The standard InChI is InChI=1S/C14H15NO5/c1-20-14(17)13(10-4-7-12(16)8-10)9-2-5-11(6-3-9)15(18)19/h2-3,5-6,10,13H,4,7-8H2,1H3. The summed E-state index contributed by atoms with van der Waals surface area (Å²) in [7, 11) is 1.30. The van der Waals surface area contributed by atoms with E-state index in [4.69, 9.17) is 4.74 Å². The summed E-state index contributed by atoms with van der Waals surface area (Å²) in [5.74, 6) is -0.881. The lowest BCUT2D eigenvalue weighted by atomic mass is 9.85. The van der Waals surface area contributed by atoms with Crippen molar-refractivity contribution in [3.05, 3.63) is 39.9 Å². The molecule has 106 valence electrons. The molecule has 1 saturated carbocycles. The first kappa shape index (κ1) is 14.2. The van der Waals surface area contributed by atoms with Gasteiger partial charge in [-0.1, -0.05) is 12.1 Å². The van der Waals surface area contributed by atoms with E-state index in [2.05, 4.69) is 0 Å². The Bertz CT molecular complexity index is 537. The third-order valence-corrected chi connectivity index (χ3v) is 3.67. The van der Waals surface area contributed by atoms with Gasteiger partial charge in [-0.25, -0.2) is 0 Å². The highest BCUT2D eigenvalue weighted by atomic mass is 16.6. The van der Waals surface area contributed by atoms with Crippen molar-refractivity contribution in [1.82, 2.24) is 0 Å². The Morgan fingerprint density at radius 1 is 1.40 bits per heavy atom. The molecule has 0 spiro atoms. The predicted molar refractivity (Wildman–Crippen MR) is 70.2 cm³/mol. The van der Waals surface area contributed by atoms with Gasteiger partial charge in [-0.3, -0.25) is 19.7 Å². The van der Waals surface area contributed by atoms with Crippen molar-refractivity contribution in [2.24, 2.45) is 5.92 Å². The van der Waals surface area contributed by atoms with Gasteiger partial charge in [-0.2, -0.15) is 0 Å². The van der Waals surface area contributed by atoms with Crippen molar-refractivity contribution >= 4 is 17.4 Å². The van der Waals surface area contributed by atoms with Crippen molar-refractivity contribution in [1.29, 1.82) is 0 Å². The van der Waals surface area contributed by atoms with Gasteiger partial charge in [-0.15, -0.1) is 0 Å². The third kappa shape index (κ3) is 2.84. The molecule has 6 heteroatoms. The lowest BCUT2D eigenvalue weighted by molar-refractivity contribution is -0.384. The Morgan fingerprint density at radius 3 is 2.50 bits per heavy atom. The van der Waals surface area contributed by atoms with Crippen LogP contribution < -0.4 is 0 Å². The Labute approximate surface area is 115 Å². The maximum atomic E-state index is 12.0. The number of ether oxygens (including phenoxy) is 1. The largest absolute Gasteiger partial charge is 0.469 e. The van der Waals surface area contributed by atoms with Crippen molar-refractivity contribution in [3.63, 3.8) is 0 Å².